The van der Waals surface area contributed by atoms with E-state index in [2.05, 4.69) is 20.0 Å². The second-order valence-electron chi connectivity index (χ2n) is 6.22. The maximum absolute atomic E-state index is 13.0. The summed E-state index contributed by atoms with van der Waals surface area (Å²) in [4.78, 5) is 10.8. The number of alkyl halides is 3. The van der Waals surface area contributed by atoms with Crippen LogP contribution in [0.2, 0.25) is 0 Å². The highest BCUT2D eigenvalue weighted by molar-refractivity contribution is 7.20. The largest absolute Gasteiger partial charge is 0.419 e. The monoisotopic (exact) mass is 383 g/mol. The summed E-state index contributed by atoms with van der Waals surface area (Å²) in [7, 11) is 0. The quantitative estimate of drug-likeness (QED) is 0.705. The van der Waals surface area contributed by atoms with Gasteiger partial charge in [-0.15, -0.1) is 5.10 Å². The standard InChI is InChI=1S/C15H16F3N7S/c16-15(17,18)10-5-8(6-21-12(10)20)11-7-25-13(22-11)26-14(23-25)24-3-1-9(19)2-4-24/h5-7,9H,1-4,19H2,(H2,20,21). The molecule has 26 heavy (non-hydrogen) atoms. The van der Waals surface area contributed by atoms with E-state index >= 15 is 0 Å². The first-order valence-electron chi connectivity index (χ1n) is 8.01. The minimum Gasteiger partial charge on any atom is -0.383 e. The number of nitrogens with two attached hydrogens (primary N) is 2. The molecule has 0 aromatic carbocycles. The van der Waals surface area contributed by atoms with Crippen molar-refractivity contribution in [3.8, 4) is 11.3 Å². The van der Waals surface area contributed by atoms with Crippen LogP contribution in [0.15, 0.2) is 18.5 Å². The van der Waals surface area contributed by atoms with Gasteiger partial charge in [0.05, 0.1) is 17.5 Å². The smallest absolute Gasteiger partial charge is 0.383 e. The van der Waals surface area contributed by atoms with Crippen LogP contribution >= 0.6 is 11.3 Å². The number of imidazole rings is 1. The van der Waals surface area contributed by atoms with Crippen LogP contribution in [0.3, 0.4) is 0 Å². The van der Waals surface area contributed by atoms with Crippen molar-refractivity contribution in [3.63, 3.8) is 0 Å². The van der Waals surface area contributed by atoms with Crippen molar-refractivity contribution in [1.29, 1.82) is 0 Å². The van der Waals surface area contributed by atoms with Crippen molar-refractivity contribution >= 4 is 27.2 Å². The number of hydrogen-bond donors (Lipinski definition) is 2. The first-order valence-corrected chi connectivity index (χ1v) is 8.83. The summed E-state index contributed by atoms with van der Waals surface area (Å²) in [6.45, 7) is 1.67. The van der Waals surface area contributed by atoms with Crippen LogP contribution in [0.4, 0.5) is 24.1 Å². The van der Waals surface area contributed by atoms with Gasteiger partial charge in [0, 0.05) is 30.9 Å². The molecule has 0 aliphatic carbocycles. The van der Waals surface area contributed by atoms with Gasteiger partial charge in [0.1, 0.15) is 5.82 Å². The molecular weight excluding hydrogens is 367 g/mol. The lowest BCUT2D eigenvalue weighted by Gasteiger charge is -2.29. The van der Waals surface area contributed by atoms with Gasteiger partial charge in [-0.25, -0.2) is 14.5 Å². The van der Waals surface area contributed by atoms with Crippen molar-refractivity contribution in [1.82, 2.24) is 19.6 Å². The van der Waals surface area contributed by atoms with Crippen LogP contribution in [-0.4, -0.2) is 38.7 Å². The Bertz CT molecular complexity index is 909. The number of pyridine rings is 1. The number of halogens is 3. The molecule has 4 heterocycles. The molecule has 11 heteroatoms. The van der Waals surface area contributed by atoms with Gasteiger partial charge >= 0.3 is 6.18 Å². The van der Waals surface area contributed by atoms with E-state index in [9.17, 15) is 13.2 Å². The van der Waals surface area contributed by atoms with Crippen molar-refractivity contribution in [3.05, 3.63) is 24.0 Å². The lowest BCUT2D eigenvalue weighted by Crippen LogP contribution is -2.39. The Kier molecular flexibility index (Phi) is 3.99. The molecule has 3 aromatic heterocycles. The molecule has 0 amide bonds. The Morgan fingerprint density at radius 3 is 2.62 bits per heavy atom. The van der Waals surface area contributed by atoms with E-state index < -0.39 is 17.6 Å². The minimum atomic E-state index is -4.56. The number of nitrogen functional groups attached to an aromatic ring is 1. The topological polar surface area (TPSA) is 98.4 Å². The Balaban J connectivity index is 1.64. The molecule has 4 rings (SSSR count). The second-order valence-corrected chi connectivity index (χ2v) is 7.15. The van der Waals surface area contributed by atoms with Crippen molar-refractivity contribution in [2.24, 2.45) is 5.73 Å². The zero-order chi connectivity index (χ0) is 18.5. The third kappa shape index (κ3) is 3.07. The minimum absolute atomic E-state index is 0.225. The highest BCUT2D eigenvalue weighted by Gasteiger charge is 2.34. The molecule has 1 saturated heterocycles. The maximum Gasteiger partial charge on any atom is 0.419 e. The molecule has 1 aliphatic rings. The van der Waals surface area contributed by atoms with Gasteiger partial charge in [-0.2, -0.15) is 13.2 Å². The third-order valence-electron chi connectivity index (χ3n) is 4.36. The Morgan fingerprint density at radius 2 is 1.96 bits per heavy atom. The van der Waals surface area contributed by atoms with Gasteiger partial charge in [0.15, 0.2) is 0 Å². The van der Waals surface area contributed by atoms with E-state index in [1.807, 2.05) is 0 Å². The number of anilines is 2. The third-order valence-corrected chi connectivity index (χ3v) is 5.35. The molecule has 3 aromatic rings. The zero-order valence-electron chi connectivity index (χ0n) is 13.6. The van der Waals surface area contributed by atoms with Crippen LogP contribution in [0.25, 0.3) is 16.2 Å². The van der Waals surface area contributed by atoms with Crippen LogP contribution in [0.5, 0.6) is 0 Å². The fraction of sp³-hybridized carbons (Fsp3) is 0.400. The lowest BCUT2D eigenvalue weighted by molar-refractivity contribution is -0.137. The van der Waals surface area contributed by atoms with Crippen molar-refractivity contribution in [2.45, 2.75) is 25.1 Å². The number of aromatic nitrogens is 4. The average molecular weight is 383 g/mol. The van der Waals surface area contributed by atoms with E-state index in [-0.39, 0.29) is 11.6 Å². The van der Waals surface area contributed by atoms with Crippen molar-refractivity contribution in [2.75, 3.05) is 23.7 Å². The van der Waals surface area contributed by atoms with E-state index in [0.717, 1.165) is 37.1 Å². The number of piperidine rings is 1. The van der Waals surface area contributed by atoms with Gasteiger partial charge in [-0.1, -0.05) is 11.3 Å². The SMILES string of the molecule is Nc1ncc(-c2cn3nc(N4CCC(N)CC4)sc3n2)cc1C(F)(F)F. The predicted molar refractivity (Wildman–Crippen MR) is 92.9 cm³/mol. The molecule has 0 spiro atoms. The summed E-state index contributed by atoms with van der Waals surface area (Å²) in [6, 6.07) is 1.18. The second kappa shape index (κ2) is 6.09. The summed E-state index contributed by atoms with van der Waals surface area (Å²) in [6.07, 6.45) is 0.127. The molecule has 0 saturated carbocycles. The number of rotatable bonds is 2. The van der Waals surface area contributed by atoms with Gasteiger partial charge < -0.3 is 16.4 Å². The van der Waals surface area contributed by atoms with Crippen LogP contribution in [0, 0.1) is 0 Å². The highest BCUT2D eigenvalue weighted by atomic mass is 32.1. The predicted octanol–water partition coefficient (Wildman–Crippen LogP) is 2.38. The Hall–Kier alpha value is -2.40. The van der Waals surface area contributed by atoms with Crippen LogP contribution in [-0.2, 0) is 6.18 Å². The lowest BCUT2D eigenvalue weighted by atomic mass is 10.1. The highest BCUT2D eigenvalue weighted by Crippen LogP contribution is 2.35. The molecule has 0 atom stereocenters. The summed E-state index contributed by atoms with van der Waals surface area (Å²) in [5, 5.41) is 5.32. The van der Waals surface area contributed by atoms with Crippen molar-refractivity contribution < 1.29 is 13.2 Å². The van der Waals surface area contributed by atoms with E-state index in [1.165, 1.54) is 17.5 Å². The van der Waals surface area contributed by atoms with Gasteiger partial charge in [0.2, 0.25) is 10.1 Å². The number of hydrogen-bond acceptors (Lipinski definition) is 7. The van der Waals surface area contributed by atoms with Crippen LogP contribution in [0.1, 0.15) is 18.4 Å². The molecule has 0 radical (unpaired) electrons. The normalized spacial score (nSPS) is 16.5. The zero-order valence-corrected chi connectivity index (χ0v) is 14.4. The first kappa shape index (κ1) is 17.0. The Morgan fingerprint density at radius 1 is 1.23 bits per heavy atom. The van der Waals surface area contributed by atoms with E-state index in [0.29, 0.717) is 10.7 Å². The molecule has 138 valence electrons. The van der Waals surface area contributed by atoms with Gasteiger partial charge in [-0.3, -0.25) is 0 Å². The molecule has 0 unspecified atom stereocenters. The fourth-order valence-electron chi connectivity index (χ4n) is 2.89. The molecular formula is C15H16F3N7S. The number of nitrogens with zero attached hydrogens (tertiary/aromatic N) is 5. The summed E-state index contributed by atoms with van der Waals surface area (Å²) in [5.74, 6) is -0.550. The first-order chi connectivity index (χ1) is 12.3. The van der Waals surface area contributed by atoms with Crippen LogP contribution < -0.4 is 16.4 Å². The summed E-state index contributed by atoms with van der Waals surface area (Å²) >= 11 is 1.39. The molecule has 4 N–H and O–H groups in total. The fourth-order valence-corrected chi connectivity index (χ4v) is 3.82. The molecule has 0 bridgehead atoms. The molecule has 1 aliphatic heterocycles. The molecule has 1 fully saturated rings. The summed E-state index contributed by atoms with van der Waals surface area (Å²) < 4.78 is 40.6. The van der Waals surface area contributed by atoms with Gasteiger partial charge in [0.25, 0.3) is 0 Å². The summed E-state index contributed by atoms with van der Waals surface area (Å²) in [5.41, 5.74) is 10.9. The van der Waals surface area contributed by atoms with E-state index in [1.54, 1.807) is 10.7 Å². The number of fused-ring (bicyclic) bond motifs is 1. The average Bonchev–Trinajstić information content (AvgIpc) is 3.14. The maximum atomic E-state index is 13.0. The van der Waals surface area contributed by atoms with E-state index in [4.69, 9.17) is 11.5 Å². The van der Waals surface area contributed by atoms with Gasteiger partial charge in [-0.05, 0) is 18.9 Å². The Labute approximate surface area is 150 Å². The molecule has 7 nitrogen and oxygen atoms in total.